The maximum Gasteiger partial charge on any atom is 0.0964 e. The number of hydrogen-bond acceptors (Lipinski definition) is 4. The fourth-order valence-electron chi connectivity index (χ4n) is 2.50. The molecule has 2 rings (SSSR count). The van der Waals surface area contributed by atoms with Crippen LogP contribution in [0.15, 0.2) is 6.20 Å². The summed E-state index contributed by atoms with van der Waals surface area (Å²) < 4.78 is 3.96. The normalized spacial score (nSPS) is 11.5. The van der Waals surface area contributed by atoms with E-state index in [4.69, 9.17) is 0 Å². The van der Waals surface area contributed by atoms with Crippen molar-refractivity contribution < 1.29 is 0 Å². The first-order valence-electron chi connectivity index (χ1n) is 7.66. The molecule has 0 aromatic carbocycles. The van der Waals surface area contributed by atoms with Gasteiger partial charge in [-0.25, -0.2) is 0 Å². The molecule has 116 valence electrons. The number of hydrogen-bond donors (Lipinski definition) is 1. The lowest BCUT2D eigenvalue weighted by Gasteiger charge is -2.05. The Kier molecular flexibility index (Phi) is 5.12. The van der Waals surface area contributed by atoms with Crippen LogP contribution in [0.5, 0.6) is 0 Å². The molecule has 0 spiro atoms. The van der Waals surface area contributed by atoms with Gasteiger partial charge in [-0.1, -0.05) is 26.0 Å². The Labute approximate surface area is 126 Å². The first-order valence-corrected chi connectivity index (χ1v) is 7.66. The molecule has 6 nitrogen and oxygen atoms in total. The minimum Gasteiger partial charge on any atom is -0.309 e. The van der Waals surface area contributed by atoms with Crippen LogP contribution >= 0.6 is 0 Å². The van der Waals surface area contributed by atoms with Gasteiger partial charge in [-0.15, -0.1) is 5.10 Å². The van der Waals surface area contributed by atoms with Gasteiger partial charge in [0.1, 0.15) is 0 Å². The molecule has 0 aliphatic rings. The summed E-state index contributed by atoms with van der Waals surface area (Å²) in [6.07, 6.45) is 3.04. The summed E-state index contributed by atoms with van der Waals surface area (Å²) >= 11 is 0. The highest BCUT2D eigenvalue weighted by molar-refractivity contribution is 5.24. The van der Waals surface area contributed by atoms with E-state index in [1.54, 1.807) is 0 Å². The highest BCUT2D eigenvalue weighted by Crippen LogP contribution is 2.13. The minimum absolute atomic E-state index is 0.456. The van der Waals surface area contributed by atoms with Gasteiger partial charge < -0.3 is 5.32 Å². The maximum absolute atomic E-state index is 4.61. The molecule has 0 amide bonds. The molecule has 0 saturated carbocycles. The van der Waals surface area contributed by atoms with Gasteiger partial charge in [-0.05, 0) is 25.8 Å². The summed E-state index contributed by atoms with van der Waals surface area (Å²) in [4.78, 5) is 0. The van der Waals surface area contributed by atoms with Crippen molar-refractivity contribution in [2.24, 2.45) is 0 Å². The van der Waals surface area contributed by atoms with Crippen molar-refractivity contribution in [3.63, 3.8) is 0 Å². The molecular weight excluding hydrogens is 264 g/mol. The van der Waals surface area contributed by atoms with Crippen LogP contribution in [0.2, 0.25) is 0 Å². The molecule has 0 radical (unpaired) electrons. The Morgan fingerprint density at radius 2 is 2.00 bits per heavy atom. The third-order valence-corrected chi connectivity index (χ3v) is 3.70. The SMILES string of the molecule is CCc1c(C)nn(CCn2cc(CNC(C)C)nn2)c1C. The molecular formula is C15H26N6. The lowest BCUT2D eigenvalue weighted by molar-refractivity contribution is 0.481. The Balaban J connectivity index is 1.94. The molecule has 21 heavy (non-hydrogen) atoms. The second-order valence-electron chi connectivity index (χ2n) is 5.73. The number of nitrogens with one attached hydrogen (secondary N) is 1. The number of aromatic nitrogens is 5. The van der Waals surface area contributed by atoms with Gasteiger partial charge in [-0.2, -0.15) is 5.10 Å². The van der Waals surface area contributed by atoms with Crippen LogP contribution in [0.4, 0.5) is 0 Å². The van der Waals surface area contributed by atoms with Gasteiger partial charge in [0.05, 0.1) is 24.5 Å². The quantitative estimate of drug-likeness (QED) is 0.845. The maximum atomic E-state index is 4.61. The highest BCUT2D eigenvalue weighted by atomic mass is 15.4. The fraction of sp³-hybridized carbons (Fsp3) is 0.667. The Morgan fingerprint density at radius 1 is 1.24 bits per heavy atom. The molecule has 0 aliphatic heterocycles. The van der Waals surface area contributed by atoms with E-state index in [2.05, 4.69) is 60.0 Å². The van der Waals surface area contributed by atoms with Crippen LogP contribution in [0.3, 0.4) is 0 Å². The van der Waals surface area contributed by atoms with Crippen molar-refractivity contribution in [2.45, 2.75) is 66.7 Å². The number of nitrogens with zero attached hydrogens (tertiary/aromatic N) is 5. The summed E-state index contributed by atoms with van der Waals surface area (Å²) in [5, 5.41) is 16.3. The van der Waals surface area contributed by atoms with Crippen molar-refractivity contribution in [3.8, 4) is 0 Å². The van der Waals surface area contributed by atoms with Crippen LogP contribution in [0, 0.1) is 13.8 Å². The van der Waals surface area contributed by atoms with E-state index in [1.165, 1.54) is 11.3 Å². The van der Waals surface area contributed by atoms with Crippen LogP contribution < -0.4 is 5.32 Å². The third kappa shape index (κ3) is 3.91. The largest absolute Gasteiger partial charge is 0.309 e. The summed E-state index contributed by atoms with van der Waals surface area (Å²) in [6.45, 7) is 13.0. The topological polar surface area (TPSA) is 60.6 Å². The van der Waals surface area contributed by atoms with E-state index in [0.29, 0.717) is 6.04 Å². The molecule has 0 aliphatic carbocycles. The highest BCUT2D eigenvalue weighted by Gasteiger charge is 2.09. The number of aryl methyl sites for hydroxylation is 3. The van der Waals surface area contributed by atoms with Crippen molar-refractivity contribution in [2.75, 3.05) is 0 Å². The smallest absolute Gasteiger partial charge is 0.0964 e. The molecule has 0 bridgehead atoms. The summed E-state index contributed by atoms with van der Waals surface area (Å²) in [5.41, 5.74) is 4.73. The molecule has 0 fully saturated rings. The van der Waals surface area contributed by atoms with Crippen LogP contribution in [0.1, 0.15) is 43.4 Å². The van der Waals surface area contributed by atoms with E-state index >= 15 is 0 Å². The summed E-state index contributed by atoms with van der Waals surface area (Å²) in [7, 11) is 0. The first kappa shape index (κ1) is 15.7. The van der Waals surface area contributed by atoms with Gasteiger partial charge in [0.2, 0.25) is 0 Å². The standard InChI is InChI=1S/C15H26N6/c1-6-15-12(4)18-21(13(15)5)8-7-20-10-14(17-19-20)9-16-11(2)3/h10-11,16H,6-9H2,1-5H3. The Bertz CT molecular complexity index is 581. The molecule has 2 aromatic heterocycles. The Hall–Kier alpha value is -1.69. The summed E-state index contributed by atoms with van der Waals surface area (Å²) in [5.74, 6) is 0. The van der Waals surface area contributed by atoms with E-state index in [9.17, 15) is 0 Å². The first-order chi connectivity index (χ1) is 10.0. The molecule has 1 N–H and O–H groups in total. The molecule has 0 atom stereocenters. The van der Waals surface area contributed by atoms with Gasteiger partial charge in [0.15, 0.2) is 0 Å². The minimum atomic E-state index is 0.456. The molecule has 0 unspecified atom stereocenters. The average molecular weight is 290 g/mol. The zero-order chi connectivity index (χ0) is 15.4. The van der Waals surface area contributed by atoms with Crippen molar-refractivity contribution in [3.05, 3.63) is 28.8 Å². The summed E-state index contributed by atoms with van der Waals surface area (Å²) in [6, 6.07) is 0.456. The molecule has 2 aromatic rings. The van der Waals surface area contributed by atoms with E-state index < -0.39 is 0 Å². The van der Waals surface area contributed by atoms with Crippen molar-refractivity contribution in [1.29, 1.82) is 0 Å². The van der Waals surface area contributed by atoms with Gasteiger partial charge in [0, 0.05) is 24.5 Å². The van der Waals surface area contributed by atoms with Crippen LogP contribution in [-0.4, -0.2) is 30.8 Å². The van der Waals surface area contributed by atoms with E-state index in [0.717, 1.165) is 37.4 Å². The predicted molar refractivity (Wildman–Crippen MR) is 83.1 cm³/mol. The van der Waals surface area contributed by atoms with Gasteiger partial charge in [0.25, 0.3) is 0 Å². The average Bonchev–Trinajstić information content (AvgIpc) is 2.99. The Morgan fingerprint density at radius 3 is 2.62 bits per heavy atom. The van der Waals surface area contributed by atoms with E-state index in [1.807, 2.05) is 10.9 Å². The monoisotopic (exact) mass is 290 g/mol. The second kappa shape index (κ2) is 6.85. The molecule has 0 saturated heterocycles. The second-order valence-corrected chi connectivity index (χ2v) is 5.73. The van der Waals surface area contributed by atoms with Crippen LogP contribution in [-0.2, 0) is 26.1 Å². The third-order valence-electron chi connectivity index (χ3n) is 3.70. The zero-order valence-electron chi connectivity index (χ0n) is 13.7. The van der Waals surface area contributed by atoms with Gasteiger partial charge in [-0.3, -0.25) is 9.36 Å². The number of rotatable bonds is 7. The van der Waals surface area contributed by atoms with Crippen molar-refractivity contribution in [1.82, 2.24) is 30.1 Å². The van der Waals surface area contributed by atoms with Crippen LogP contribution in [0.25, 0.3) is 0 Å². The van der Waals surface area contributed by atoms with Crippen molar-refractivity contribution >= 4 is 0 Å². The van der Waals surface area contributed by atoms with Gasteiger partial charge >= 0.3 is 0 Å². The predicted octanol–water partition coefficient (Wildman–Crippen LogP) is 1.85. The lowest BCUT2D eigenvalue weighted by atomic mass is 10.1. The van der Waals surface area contributed by atoms with E-state index in [-0.39, 0.29) is 0 Å². The molecule has 2 heterocycles. The fourth-order valence-corrected chi connectivity index (χ4v) is 2.50. The lowest BCUT2D eigenvalue weighted by Crippen LogP contribution is -2.21. The molecule has 6 heteroatoms. The zero-order valence-corrected chi connectivity index (χ0v) is 13.7.